The Morgan fingerprint density at radius 2 is 1.95 bits per heavy atom. The third-order valence-electron chi connectivity index (χ3n) is 2.92. The van der Waals surface area contributed by atoms with Crippen LogP contribution in [0.5, 0.6) is 0 Å². The largest absolute Gasteiger partial charge is 0.398 e. The van der Waals surface area contributed by atoms with E-state index in [4.69, 9.17) is 11.5 Å². The van der Waals surface area contributed by atoms with E-state index in [0.717, 1.165) is 11.1 Å². The van der Waals surface area contributed by atoms with Gasteiger partial charge in [0.25, 0.3) is 0 Å². The van der Waals surface area contributed by atoms with Crippen molar-refractivity contribution in [2.24, 2.45) is 5.73 Å². The van der Waals surface area contributed by atoms with Gasteiger partial charge in [-0.2, -0.15) is 0 Å². The summed E-state index contributed by atoms with van der Waals surface area (Å²) in [5.74, 6) is -0.192. The van der Waals surface area contributed by atoms with Crippen LogP contribution in [0.3, 0.4) is 0 Å². The van der Waals surface area contributed by atoms with Crippen LogP contribution in [0.1, 0.15) is 21.5 Å². The van der Waals surface area contributed by atoms with Crippen LogP contribution < -0.4 is 11.5 Å². The summed E-state index contributed by atoms with van der Waals surface area (Å²) in [5.41, 5.74) is 13.8. The number of amides is 1. The average molecular weight is 288 g/mol. The number of nitrogen functional groups attached to an aromatic ring is 1. The highest BCUT2D eigenvalue weighted by Crippen LogP contribution is 2.21. The zero-order chi connectivity index (χ0) is 14.7. The average Bonchev–Trinajstić information content (AvgIpc) is 2.41. The van der Waals surface area contributed by atoms with Gasteiger partial charge < -0.3 is 11.5 Å². The molecule has 2 aromatic carbocycles. The Bertz CT molecular complexity index is 683. The van der Waals surface area contributed by atoms with Gasteiger partial charge in [-0.25, -0.2) is 0 Å². The van der Waals surface area contributed by atoms with Gasteiger partial charge >= 0.3 is 0 Å². The number of hydrogen-bond acceptors (Lipinski definition) is 3. The zero-order valence-corrected chi connectivity index (χ0v) is 11.9. The second kappa shape index (κ2) is 5.88. The molecular weight excluding hydrogens is 272 g/mol. The molecule has 1 unspecified atom stereocenters. The summed E-state index contributed by atoms with van der Waals surface area (Å²) < 4.78 is 12.4. The Labute approximate surface area is 120 Å². The minimum absolute atomic E-state index is 0.300. The fourth-order valence-electron chi connectivity index (χ4n) is 1.88. The predicted octanol–water partition coefficient (Wildman–Crippen LogP) is 1.98. The number of benzene rings is 2. The van der Waals surface area contributed by atoms with Crippen molar-refractivity contribution in [3.63, 3.8) is 0 Å². The summed E-state index contributed by atoms with van der Waals surface area (Å²) in [6, 6.07) is 12.3. The monoisotopic (exact) mass is 288 g/mol. The molecule has 20 heavy (non-hydrogen) atoms. The highest BCUT2D eigenvalue weighted by atomic mass is 32.2. The number of nitrogens with two attached hydrogens (primary N) is 2. The normalized spacial score (nSPS) is 12.1. The summed E-state index contributed by atoms with van der Waals surface area (Å²) in [7, 11) is -1.25. The second-order valence-corrected chi connectivity index (χ2v) is 6.02. The van der Waals surface area contributed by atoms with Crippen molar-refractivity contribution in [2.75, 3.05) is 5.73 Å². The second-order valence-electron chi connectivity index (χ2n) is 4.60. The van der Waals surface area contributed by atoms with Crippen molar-refractivity contribution in [2.45, 2.75) is 17.6 Å². The van der Waals surface area contributed by atoms with Gasteiger partial charge in [0.15, 0.2) is 0 Å². The van der Waals surface area contributed by atoms with Crippen LogP contribution >= 0.6 is 0 Å². The Balaban J connectivity index is 2.25. The Hall–Kier alpha value is -2.14. The van der Waals surface area contributed by atoms with Crippen molar-refractivity contribution in [3.8, 4) is 0 Å². The first-order valence-electron chi connectivity index (χ1n) is 6.10. The molecule has 1 atom stereocenters. The fraction of sp³-hybridized carbons (Fsp3) is 0.133. The molecule has 4 nitrogen and oxygen atoms in total. The SMILES string of the molecule is Cc1ccc(N)c(S(=O)Cc2cccc(C(N)=O)c2)c1. The molecule has 0 heterocycles. The molecule has 0 saturated carbocycles. The van der Waals surface area contributed by atoms with Gasteiger partial charge in [-0.15, -0.1) is 0 Å². The number of carbonyl (C=O) groups excluding carboxylic acids is 1. The molecule has 1 amide bonds. The van der Waals surface area contributed by atoms with Gasteiger partial charge in [0, 0.05) is 11.3 Å². The lowest BCUT2D eigenvalue weighted by molar-refractivity contribution is 0.1000. The minimum Gasteiger partial charge on any atom is -0.398 e. The zero-order valence-electron chi connectivity index (χ0n) is 11.1. The van der Waals surface area contributed by atoms with E-state index >= 15 is 0 Å². The summed E-state index contributed by atoms with van der Waals surface area (Å²) in [5, 5.41) is 0. The van der Waals surface area contributed by atoms with Crippen LogP contribution in [0.4, 0.5) is 5.69 Å². The van der Waals surface area contributed by atoms with Gasteiger partial charge in [-0.1, -0.05) is 18.2 Å². The number of primary amides is 1. The quantitative estimate of drug-likeness (QED) is 0.843. The van der Waals surface area contributed by atoms with Crippen molar-refractivity contribution in [1.29, 1.82) is 0 Å². The van der Waals surface area contributed by atoms with Gasteiger partial charge in [0.05, 0.1) is 21.4 Å². The van der Waals surface area contributed by atoms with Crippen molar-refractivity contribution in [1.82, 2.24) is 0 Å². The molecule has 0 bridgehead atoms. The Morgan fingerprint density at radius 3 is 2.65 bits per heavy atom. The van der Waals surface area contributed by atoms with Gasteiger partial charge in [-0.3, -0.25) is 9.00 Å². The standard InChI is InChI=1S/C15H16N2O2S/c1-10-5-6-13(16)14(7-10)20(19)9-11-3-2-4-12(8-11)15(17)18/h2-8H,9,16H2,1H3,(H2,17,18). The van der Waals surface area contributed by atoms with Crippen molar-refractivity contribution < 1.29 is 9.00 Å². The van der Waals surface area contributed by atoms with E-state index in [0.29, 0.717) is 21.9 Å². The maximum Gasteiger partial charge on any atom is 0.248 e. The molecule has 0 aliphatic rings. The Kier molecular flexibility index (Phi) is 4.20. The molecule has 0 aromatic heterocycles. The lowest BCUT2D eigenvalue weighted by Gasteiger charge is -2.07. The van der Waals surface area contributed by atoms with Crippen LogP contribution in [-0.2, 0) is 16.6 Å². The lowest BCUT2D eigenvalue weighted by atomic mass is 10.1. The topological polar surface area (TPSA) is 86.2 Å². The molecule has 5 heteroatoms. The van der Waals surface area contributed by atoms with E-state index in [1.165, 1.54) is 0 Å². The highest BCUT2D eigenvalue weighted by Gasteiger charge is 2.10. The van der Waals surface area contributed by atoms with Gasteiger partial charge in [-0.05, 0) is 42.3 Å². The predicted molar refractivity (Wildman–Crippen MR) is 80.7 cm³/mol. The molecule has 0 aliphatic carbocycles. The van der Waals surface area contributed by atoms with Crippen molar-refractivity contribution in [3.05, 3.63) is 59.2 Å². The molecule has 0 radical (unpaired) electrons. The minimum atomic E-state index is -1.25. The first kappa shape index (κ1) is 14.3. The third kappa shape index (κ3) is 3.24. The number of carbonyl (C=O) groups is 1. The number of hydrogen-bond donors (Lipinski definition) is 2. The molecule has 2 aromatic rings. The lowest BCUT2D eigenvalue weighted by Crippen LogP contribution is -2.11. The summed E-state index contributed by atoms with van der Waals surface area (Å²) in [6.45, 7) is 1.92. The molecule has 104 valence electrons. The Morgan fingerprint density at radius 1 is 1.20 bits per heavy atom. The van der Waals surface area contributed by atoms with Gasteiger partial charge in [0.2, 0.25) is 5.91 Å². The van der Waals surface area contributed by atoms with Crippen LogP contribution in [-0.4, -0.2) is 10.1 Å². The van der Waals surface area contributed by atoms with Crippen LogP contribution in [0.15, 0.2) is 47.4 Å². The van der Waals surface area contributed by atoms with E-state index in [-0.39, 0.29) is 0 Å². The molecule has 0 saturated heterocycles. The van der Waals surface area contributed by atoms with Crippen LogP contribution in [0.2, 0.25) is 0 Å². The summed E-state index contributed by atoms with van der Waals surface area (Å²) >= 11 is 0. The molecule has 4 N–H and O–H groups in total. The van der Waals surface area contributed by atoms with E-state index in [1.54, 1.807) is 24.3 Å². The number of anilines is 1. The maximum absolute atomic E-state index is 12.4. The van der Waals surface area contributed by atoms with Gasteiger partial charge in [0.1, 0.15) is 0 Å². The van der Waals surface area contributed by atoms with E-state index < -0.39 is 16.7 Å². The van der Waals surface area contributed by atoms with E-state index in [1.807, 2.05) is 25.1 Å². The first-order valence-corrected chi connectivity index (χ1v) is 7.42. The third-order valence-corrected chi connectivity index (χ3v) is 4.36. The number of aryl methyl sites for hydroxylation is 1. The molecule has 0 fully saturated rings. The first-order chi connectivity index (χ1) is 9.47. The summed E-state index contributed by atoms with van der Waals surface area (Å²) in [6.07, 6.45) is 0. The fourth-order valence-corrected chi connectivity index (χ4v) is 3.17. The highest BCUT2D eigenvalue weighted by molar-refractivity contribution is 7.84. The van der Waals surface area contributed by atoms with E-state index in [2.05, 4.69) is 0 Å². The molecule has 0 aliphatic heterocycles. The summed E-state index contributed by atoms with van der Waals surface area (Å²) in [4.78, 5) is 11.8. The number of rotatable bonds is 4. The van der Waals surface area contributed by atoms with E-state index in [9.17, 15) is 9.00 Å². The molecule has 2 rings (SSSR count). The molecular formula is C15H16N2O2S. The molecule has 0 spiro atoms. The van der Waals surface area contributed by atoms with Crippen LogP contribution in [0, 0.1) is 6.92 Å². The smallest absolute Gasteiger partial charge is 0.248 e. The maximum atomic E-state index is 12.4. The van der Waals surface area contributed by atoms with Crippen molar-refractivity contribution >= 4 is 22.4 Å². The van der Waals surface area contributed by atoms with Crippen LogP contribution in [0.25, 0.3) is 0 Å².